The van der Waals surface area contributed by atoms with Crippen molar-refractivity contribution < 1.29 is 0 Å². The van der Waals surface area contributed by atoms with E-state index in [2.05, 4.69) is 23.1 Å². The maximum absolute atomic E-state index is 9.52. The lowest BCUT2D eigenvalue weighted by atomic mass is 9.95. The highest BCUT2D eigenvalue weighted by Gasteiger charge is 2.24. The Labute approximate surface area is 125 Å². The highest BCUT2D eigenvalue weighted by Crippen LogP contribution is 2.28. The molecule has 0 saturated carbocycles. The summed E-state index contributed by atoms with van der Waals surface area (Å²) in [5, 5.41) is 9.52. The molecule has 3 nitrogen and oxygen atoms in total. The average Bonchev–Trinajstić information content (AvgIpc) is 2.53. The zero-order valence-corrected chi connectivity index (χ0v) is 11.9. The molecule has 3 heteroatoms. The Kier molecular flexibility index (Phi) is 3.89. The van der Waals surface area contributed by atoms with Crippen LogP contribution >= 0.6 is 0 Å². The number of anilines is 1. The van der Waals surface area contributed by atoms with Gasteiger partial charge in [-0.2, -0.15) is 5.26 Å². The molecule has 1 aliphatic heterocycles. The van der Waals surface area contributed by atoms with E-state index in [4.69, 9.17) is 5.73 Å². The first-order valence-electron chi connectivity index (χ1n) is 7.31. The molecule has 0 fully saturated rings. The summed E-state index contributed by atoms with van der Waals surface area (Å²) in [5.41, 5.74) is 9.73. The molecule has 0 radical (unpaired) electrons. The molecular formula is C18H19N3. The number of rotatable bonds is 3. The van der Waals surface area contributed by atoms with Gasteiger partial charge in [-0.1, -0.05) is 48.5 Å². The third-order valence-corrected chi connectivity index (χ3v) is 4.03. The first-order valence-corrected chi connectivity index (χ1v) is 7.31. The second kappa shape index (κ2) is 5.99. The molecule has 2 N–H and O–H groups in total. The summed E-state index contributed by atoms with van der Waals surface area (Å²) in [5.74, 6) is -0.135. The van der Waals surface area contributed by atoms with Gasteiger partial charge >= 0.3 is 0 Å². The monoisotopic (exact) mass is 277 g/mol. The number of hydrogen-bond acceptors (Lipinski definition) is 3. The topological polar surface area (TPSA) is 53.0 Å². The molecule has 2 aromatic rings. The minimum atomic E-state index is -0.135. The normalized spacial score (nSPS) is 18.7. The molecular weight excluding hydrogens is 258 g/mol. The van der Waals surface area contributed by atoms with Crippen LogP contribution in [0.15, 0.2) is 54.6 Å². The van der Waals surface area contributed by atoms with Crippen LogP contribution in [-0.2, 0) is 6.42 Å². The highest BCUT2D eigenvalue weighted by atomic mass is 15.2. The molecule has 2 unspecified atom stereocenters. The molecule has 1 aliphatic rings. The SMILES string of the molecule is N#CC(CN1CC(N)Cc2ccccc21)c1ccccc1. The Morgan fingerprint density at radius 1 is 1.14 bits per heavy atom. The molecule has 1 heterocycles. The van der Waals surface area contributed by atoms with E-state index in [1.165, 1.54) is 11.3 Å². The largest absolute Gasteiger partial charge is 0.368 e. The van der Waals surface area contributed by atoms with Crippen LogP contribution in [0.3, 0.4) is 0 Å². The van der Waals surface area contributed by atoms with Crippen LogP contribution in [0.2, 0.25) is 0 Å². The zero-order chi connectivity index (χ0) is 14.7. The van der Waals surface area contributed by atoms with E-state index in [1.807, 2.05) is 42.5 Å². The summed E-state index contributed by atoms with van der Waals surface area (Å²) in [6, 6.07) is 20.9. The summed E-state index contributed by atoms with van der Waals surface area (Å²) in [6.45, 7) is 1.49. The Morgan fingerprint density at radius 3 is 2.62 bits per heavy atom. The smallest absolute Gasteiger partial charge is 0.0887 e. The van der Waals surface area contributed by atoms with Crippen molar-refractivity contribution >= 4 is 5.69 Å². The van der Waals surface area contributed by atoms with E-state index in [-0.39, 0.29) is 12.0 Å². The molecule has 106 valence electrons. The Balaban J connectivity index is 1.86. The van der Waals surface area contributed by atoms with E-state index in [0.717, 1.165) is 18.5 Å². The molecule has 0 saturated heterocycles. The molecule has 0 spiro atoms. The maximum atomic E-state index is 9.52. The summed E-state index contributed by atoms with van der Waals surface area (Å²) >= 11 is 0. The number of nitriles is 1. The fraction of sp³-hybridized carbons (Fsp3) is 0.278. The average molecular weight is 277 g/mol. The van der Waals surface area contributed by atoms with E-state index in [1.54, 1.807) is 0 Å². The van der Waals surface area contributed by atoms with Crippen LogP contribution < -0.4 is 10.6 Å². The van der Waals surface area contributed by atoms with Gasteiger partial charge in [0.05, 0.1) is 12.0 Å². The number of benzene rings is 2. The van der Waals surface area contributed by atoms with Gasteiger partial charge in [0.15, 0.2) is 0 Å². The van der Waals surface area contributed by atoms with Gasteiger partial charge in [0.25, 0.3) is 0 Å². The number of para-hydroxylation sites is 1. The Hall–Kier alpha value is -2.31. The van der Waals surface area contributed by atoms with Crippen LogP contribution in [0, 0.1) is 11.3 Å². The minimum absolute atomic E-state index is 0.134. The lowest BCUT2D eigenvalue weighted by molar-refractivity contribution is 0.589. The lowest BCUT2D eigenvalue weighted by Crippen LogP contribution is -2.44. The fourth-order valence-corrected chi connectivity index (χ4v) is 3.02. The zero-order valence-electron chi connectivity index (χ0n) is 11.9. The number of hydrogen-bond donors (Lipinski definition) is 1. The quantitative estimate of drug-likeness (QED) is 0.938. The fourth-order valence-electron chi connectivity index (χ4n) is 3.02. The molecule has 2 aromatic carbocycles. The molecule has 3 rings (SSSR count). The van der Waals surface area contributed by atoms with Crippen LogP contribution in [-0.4, -0.2) is 19.1 Å². The van der Waals surface area contributed by atoms with Crippen LogP contribution in [0.1, 0.15) is 17.0 Å². The Morgan fingerprint density at radius 2 is 1.86 bits per heavy atom. The molecule has 2 atom stereocenters. The summed E-state index contributed by atoms with van der Waals surface area (Å²) in [7, 11) is 0. The van der Waals surface area contributed by atoms with Crippen molar-refractivity contribution in [3.63, 3.8) is 0 Å². The number of nitrogens with zero attached hydrogens (tertiary/aromatic N) is 2. The molecule has 0 aromatic heterocycles. The molecule has 0 amide bonds. The molecule has 0 bridgehead atoms. The van der Waals surface area contributed by atoms with Gasteiger partial charge < -0.3 is 10.6 Å². The van der Waals surface area contributed by atoms with Gasteiger partial charge in [-0.15, -0.1) is 0 Å². The van der Waals surface area contributed by atoms with Gasteiger partial charge in [-0.25, -0.2) is 0 Å². The molecule has 0 aliphatic carbocycles. The summed E-state index contributed by atoms with van der Waals surface area (Å²) < 4.78 is 0. The van der Waals surface area contributed by atoms with Crippen molar-refractivity contribution in [3.8, 4) is 6.07 Å². The van der Waals surface area contributed by atoms with Gasteiger partial charge in [-0.3, -0.25) is 0 Å². The predicted molar refractivity (Wildman–Crippen MR) is 85.1 cm³/mol. The first-order chi connectivity index (χ1) is 10.3. The van der Waals surface area contributed by atoms with Crippen molar-refractivity contribution in [1.82, 2.24) is 0 Å². The van der Waals surface area contributed by atoms with E-state index >= 15 is 0 Å². The van der Waals surface area contributed by atoms with Crippen LogP contribution in [0.25, 0.3) is 0 Å². The summed E-state index contributed by atoms with van der Waals surface area (Å²) in [6.07, 6.45) is 0.912. The van der Waals surface area contributed by atoms with Crippen LogP contribution in [0.4, 0.5) is 5.69 Å². The van der Waals surface area contributed by atoms with Crippen molar-refractivity contribution in [2.75, 3.05) is 18.0 Å². The van der Waals surface area contributed by atoms with Crippen molar-refractivity contribution in [2.45, 2.75) is 18.4 Å². The highest BCUT2D eigenvalue weighted by molar-refractivity contribution is 5.56. The van der Waals surface area contributed by atoms with Gasteiger partial charge in [-0.05, 0) is 23.6 Å². The van der Waals surface area contributed by atoms with E-state index in [0.29, 0.717) is 6.54 Å². The number of fused-ring (bicyclic) bond motifs is 1. The second-order valence-corrected chi connectivity index (χ2v) is 5.59. The van der Waals surface area contributed by atoms with Gasteiger partial charge in [0, 0.05) is 24.8 Å². The second-order valence-electron chi connectivity index (χ2n) is 5.59. The van der Waals surface area contributed by atoms with Crippen LogP contribution in [0.5, 0.6) is 0 Å². The van der Waals surface area contributed by atoms with Crippen molar-refractivity contribution in [1.29, 1.82) is 5.26 Å². The van der Waals surface area contributed by atoms with Gasteiger partial charge in [0.2, 0.25) is 0 Å². The molecule has 21 heavy (non-hydrogen) atoms. The summed E-state index contributed by atoms with van der Waals surface area (Å²) in [4.78, 5) is 2.25. The number of nitrogens with two attached hydrogens (primary N) is 1. The third kappa shape index (κ3) is 2.91. The third-order valence-electron chi connectivity index (χ3n) is 4.03. The van der Waals surface area contributed by atoms with Crippen molar-refractivity contribution in [2.24, 2.45) is 5.73 Å². The minimum Gasteiger partial charge on any atom is -0.368 e. The predicted octanol–water partition coefficient (Wildman–Crippen LogP) is 2.68. The first kappa shape index (κ1) is 13.7. The Bertz CT molecular complexity index is 645. The van der Waals surface area contributed by atoms with Crippen molar-refractivity contribution in [3.05, 3.63) is 65.7 Å². The maximum Gasteiger partial charge on any atom is 0.0887 e. The standard InChI is InChI=1S/C18H19N3/c19-11-16(14-6-2-1-3-7-14)12-21-13-17(20)10-15-8-4-5-9-18(15)21/h1-9,16-17H,10,12-13,20H2. The van der Waals surface area contributed by atoms with E-state index < -0.39 is 0 Å². The van der Waals surface area contributed by atoms with E-state index in [9.17, 15) is 5.26 Å². The lowest BCUT2D eigenvalue weighted by Gasteiger charge is -2.35. The van der Waals surface area contributed by atoms with Gasteiger partial charge in [0.1, 0.15) is 0 Å².